The van der Waals surface area contributed by atoms with Gasteiger partial charge >= 0.3 is 5.97 Å². The molecule has 0 aliphatic heterocycles. The van der Waals surface area contributed by atoms with Gasteiger partial charge in [-0.25, -0.2) is 4.79 Å². The second kappa shape index (κ2) is 5.31. The molecule has 11 heavy (non-hydrogen) atoms. The van der Waals surface area contributed by atoms with Crippen molar-refractivity contribution in [1.29, 1.82) is 0 Å². The lowest BCUT2D eigenvalue weighted by Crippen LogP contribution is -2.00. The summed E-state index contributed by atoms with van der Waals surface area (Å²) in [5.74, 6) is 1.76. The van der Waals surface area contributed by atoms with Crippen LogP contribution in [0.25, 0.3) is 0 Å². The summed E-state index contributed by atoms with van der Waals surface area (Å²) in [4.78, 5) is 10.7. The number of carbonyl (C=O) groups is 1. The van der Waals surface area contributed by atoms with Crippen LogP contribution in [0.4, 0.5) is 0 Å². The first-order valence-corrected chi connectivity index (χ1v) is 3.11. The Morgan fingerprint density at radius 1 is 1.82 bits per heavy atom. The maximum absolute atomic E-state index is 10.7. The lowest BCUT2D eigenvalue weighted by molar-refractivity contribution is -0.136. The first-order chi connectivity index (χ1) is 5.20. The van der Waals surface area contributed by atoms with Gasteiger partial charge in [0.15, 0.2) is 6.61 Å². The van der Waals surface area contributed by atoms with Crippen LogP contribution in [0.2, 0.25) is 0 Å². The van der Waals surface area contributed by atoms with Gasteiger partial charge in [-0.2, -0.15) is 0 Å². The molecule has 0 amide bonds. The lowest BCUT2D eigenvalue weighted by atomic mass is 10.3. The molecule has 0 saturated heterocycles. The van der Waals surface area contributed by atoms with Crippen molar-refractivity contribution in [3.63, 3.8) is 0 Å². The summed E-state index contributed by atoms with van der Waals surface area (Å²) in [6, 6.07) is 0. The number of hydrogen-bond donors (Lipinski definition) is 0. The van der Waals surface area contributed by atoms with Gasteiger partial charge < -0.3 is 4.74 Å². The molecule has 0 atom stereocenters. The predicted octanol–water partition coefficient (Wildman–Crippen LogP) is 1.30. The number of allylic oxidation sites excluding steroid dienone is 2. The quantitative estimate of drug-likeness (QED) is 0.262. The molecule has 0 aromatic heterocycles. The Bertz CT molecular complexity index is 218. The number of terminal acetylenes is 1. The summed E-state index contributed by atoms with van der Waals surface area (Å²) in [6.45, 7) is 5.25. The standard InChI is InChI=1S/C9H10O2/c1-4-6-11-9(10)7-8(3)5-2/h1,5,7H,2,6H2,3H3/b8-7-. The smallest absolute Gasteiger partial charge is 0.331 e. The molecule has 0 radical (unpaired) electrons. The van der Waals surface area contributed by atoms with Crippen LogP contribution >= 0.6 is 0 Å². The molecule has 0 aliphatic rings. The molecule has 0 heterocycles. The van der Waals surface area contributed by atoms with Crippen molar-refractivity contribution in [2.75, 3.05) is 6.61 Å². The monoisotopic (exact) mass is 150 g/mol. The Hall–Kier alpha value is -1.49. The third-order valence-corrected chi connectivity index (χ3v) is 0.965. The van der Waals surface area contributed by atoms with E-state index >= 15 is 0 Å². The van der Waals surface area contributed by atoms with E-state index in [0.717, 1.165) is 5.57 Å². The topological polar surface area (TPSA) is 26.3 Å². The number of hydrogen-bond acceptors (Lipinski definition) is 2. The Morgan fingerprint density at radius 3 is 2.91 bits per heavy atom. The minimum atomic E-state index is -0.430. The molecule has 2 nitrogen and oxygen atoms in total. The molecule has 2 heteroatoms. The minimum Gasteiger partial charge on any atom is -0.449 e. The molecule has 0 saturated carbocycles. The van der Waals surface area contributed by atoms with Crippen molar-refractivity contribution >= 4 is 5.97 Å². The molecule has 0 rings (SSSR count). The fourth-order valence-corrected chi connectivity index (χ4v) is 0.399. The average molecular weight is 150 g/mol. The van der Waals surface area contributed by atoms with Crippen molar-refractivity contribution in [3.8, 4) is 12.3 Å². The van der Waals surface area contributed by atoms with Crippen molar-refractivity contribution in [2.24, 2.45) is 0 Å². The van der Waals surface area contributed by atoms with Gasteiger partial charge in [0.2, 0.25) is 0 Å². The van der Waals surface area contributed by atoms with E-state index in [2.05, 4.69) is 17.2 Å². The summed E-state index contributed by atoms with van der Waals surface area (Å²) in [5.41, 5.74) is 0.757. The highest BCUT2D eigenvalue weighted by molar-refractivity contribution is 5.83. The molecule has 0 aromatic carbocycles. The third-order valence-electron chi connectivity index (χ3n) is 0.965. The summed E-state index contributed by atoms with van der Waals surface area (Å²) in [5, 5.41) is 0. The molecule has 0 aromatic rings. The SMILES string of the molecule is C#CCOC(=O)/C=C(/C)C=C. The van der Waals surface area contributed by atoms with Crippen LogP contribution in [-0.2, 0) is 9.53 Å². The highest BCUT2D eigenvalue weighted by Crippen LogP contribution is 1.93. The highest BCUT2D eigenvalue weighted by atomic mass is 16.5. The number of ether oxygens (including phenoxy) is 1. The number of rotatable bonds is 3. The molecule has 0 N–H and O–H groups in total. The van der Waals surface area contributed by atoms with Crippen LogP contribution in [0.3, 0.4) is 0 Å². The Kier molecular flexibility index (Phi) is 4.59. The molecule has 0 bridgehead atoms. The van der Waals surface area contributed by atoms with E-state index in [1.807, 2.05) is 0 Å². The van der Waals surface area contributed by atoms with Gasteiger partial charge in [-0.1, -0.05) is 18.6 Å². The Morgan fingerprint density at radius 2 is 2.45 bits per heavy atom. The van der Waals surface area contributed by atoms with Crippen LogP contribution in [0.1, 0.15) is 6.92 Å². The van der Waals surface area contributed by atoms with Crippen LogP contribution in [0.15, 0.2) is 24.3 Å². The summed E-state index contributed by atoms with van der Waals surface area (Å²) >= 11 is 0. The van der Waals surface area contributed by atoms with Crippen LogP contribution in [-0.4, -0.2) is 12.6 Å². The summed E-state index contributed by atoms with van der Waals surface area (Å²) in [7, 11) is 0. The van der Waals surface area contributed by atoms with Gasteiger partial charge in [-0.3, -0.25) is 0 Å². The zero-order valence-corrected chi connectivity index (χ0v) is 6.46. The van der Waals surface area contributed by atoms with E-state index in [-0.39, 0.29) is 6.61 Å². The van der Waals surface area contributed by atoms with Gasteiger partial charge in [-0.15, -0.1) is 6.42 Å². The largest absolute Gasteiger partial charge is 0.449 e. The first-order valence-electron chi connectivity index (χ1n) is 3.11. The molecule has 58 valence electrons. The average Bonchev–Trinajstić information content (AvgIpc) is 2.00. The van der Waals surface area contributed by atoms with Gasteiger partial charge in [0.1, 0.15) is 0 Å². The minimum absolute atomic E-state index is 0.0136. The van der Waals surface area contributed by atoms with Crippen molar-refractivity contribution < 1.29 is 9.53 Å². The van der Waals surface area contributed by atoms with E-state index in [9.17, 15) is 4.79 Å². The number of carbonyl (C=O) groups excluding carboxylic acids is 1. The summed E-state index contributed by atoms with van der Waals surface area (Å²) < 4.78 is 4.56. The lowest BCUT2D eigenvalue weighted by Gasteiger charge is -1.94. The zero-order chi connectivity index (χ0) is 8.69. The molecule has 0 unspecified atom stereocenters. The van der Waals surface area contributed by atoms with E-state index in [1.165, 1.54) is 6.08 Å². The van der Waals surface area contributed by atoms with Crippen LogP contribution in [0.5, 0.6) is 0 Å². The molecule has 0 aliphatic carbocycles. The molecular weight excluding hydrogens is 140 g/mol. The second-order valence-corrected chi connectivity index (χ2v) is 1.90. The first kappa shape index (κ1) is 9.51. The molecule has 0 fully saturated rings. The van der Waals surface area contributed by atoms with Crippen LogP contribution in [0, 0.1) is 12.3 Å². The molecule has 0 spiro atoms. The van der Waals surface area contributed by atoms with Gasteiger partial charge in [0, 0.05) is 6.08 Å². The number of esters is 1. The van der Waals surface area contributed by atoms with Gasteiger partial charge in [-0.05, 0) is 12.5 Å². The van der Waals surface area contributed by atoms with Crippen molar-refractivity contribution in [3.05, 3.63) is 24.3 Å². The maximum Gasteiger partial charge on any atom is 0.331 e. The van der Waals surface area contributed by atoms with Crippen molar-refractivity contribution in [2.45, 2.75) is 6.92 Å². The van der Waals surface area contributed by atoms with E-state index in [1.54, 1.807) is 13.0 Å². The Balaban J connectivity index is 3.88. The van der Waals surface area contributed by atoms with E-state index in [0.29, 0.717) is 0 Å². The maximum atomic E-state index is 10.7. The Labute approximate surface area is 66.6 Å². The second-order valence-electron chi connectivity index (χ2n) is 1.90. The van der Waals surface area contributed by atoms with E-state index < -0.39 is 5.97 Å². The fraction of sp³-hybridized carbons (Fsp3) is 0.222. The fourth-order valence-electron chi connectivity index (χ4n) is 0.399. The zero-order valence-electron chi connectivity index (χ0n) is 6.46. The van der Waals surface area contributed by atoms with Crippen LogP contribution < -0.4 is 0 Å². The van der Waals surface area contributed by atoms with Gasteiger partial charge in [0.25, 0.3) is 0 Å². The summed E-state index contributed by atoms with van der Waals surface area (Å²) in [6.07, 6.45) is 7.78. The third kappa shape index (κ3) is 4.98. The van der Waals surface area contributed by atoms with E-state index in [4.69, 9.17) is 6.42 Å². The van der Waals surface area contributed by atoms with Crippen molar-refractivity contribution in [1.82, 2.24) is 0 Å². The predicted molar refractivity (Wildman–Crippen MR) is 43.7 cm³/mol. The highest BCUT2D eigenvalue weighted by Gasteiger charge is 1.94. The molecular formula is C9H10O2. The van der Waals surface area contributed by atoms with Gasteiger partial charge in [0.05, 0.1) is 0 Å². The normalized spacial score (nSPS) is 10.0.